The van der Waals surface area contributed by atoms with Gasteiger partial charge < -0.3 is 5.11 Å². The minimum absolute atomic E-state index is 0.0377. The first-order valence-electron chi connectivity index (χ1n) is 6.59. The average Bonchev–Trinajstić information content (AvgIpc) is 2.54. The molecule has 0 bridgehead atoms. The molecule has 0 radical (unpaired) electrons. The van der Waals surface area contributed by atoms with E-state index in [2.05, 4.69) is 11.1 Å². The van der Waals surface area contributed by atoms with Crippen LogP contribution in [0.25, 0.3) is 0 Å². The van der Waals surface area contributed by atoms with E-state index in [0.29, 0.717) is 17.0 Å². The summed E-state index contributed by atoms with van der Waals surface area (Å²) in [5, 5.41) is 18.6. The maximum Gasteiger partial charge on any atom is 0.319 e. The summed E-state index contributed by atoms with van der Waals surface area (Å²) >= 11 is 6.07. The Hall–Kier alpha value is -2.58. The van der Waals surface area contributed by atoms with Crippen molar-refractivity contribution in [2.75, 3.05) is 0 Å². The molecule has 0 aliphatic rings. The molecule has 1 aromatic carbocycles. The van der Waals surface area contributed by atoms with Crippen molar-refractivity contribution in [1.29, 1.82) is 5.26 Å². The summed E-state index contributed by atoms with van der Waals surface area (Å²) in [6.07, 6.45) is 0. The van der Waals surface area contributed by atoms with E-state index >= 15 is 0 Å². The number of nitriles is 1. The fourth-order valence-corrected chi connectivity index (χ4v) is 1.93. The molecule has 1 aromatic heterocycles. The molecule has 112 valence electrons. The number of hydrogen-bond acceptors (Lipinski definition) is 4. The van der Waals surface area contributed by atoms with Crippen molar-refractivity contribution < 1.29 is 14.2 Å². The zero-order valence-corrected chi connectivity index (χ0v) is 13.0. The number of benzene rings is 1. The lowest BCUT2D eigenvalue weighted by Crippen LogP contribution is -2.14. The lowest BCUT2D eigenvalue weighted by molar-refractivity contribution is -0.688. The zero-order valence-electron chi connectivity index (χ0n) is 12.2. The first-order chi connectivity index (χ1) is 10.5. The number of pyridine rings is 1. The summed E-state index contributed by atoms with van der Waals surface area (Å²) in [6.45, 7) is 3.76. The van der Waals surface area contributed by atoms with E-state index in [9.17, 15) is 5.11 Å². The van der Waals surface area contributed by atoms with Gasteiger partial charge in [-0.25, -0.2) is 4.98 Å². The van der Waals surface area contributed by atoms with Crippen LogP contribution in [0.3, 0.4) is 0 Å². The number of rotatable bonds is 4. The number of aryl methyl sites for hydroxylation is 1. The monoisotopic (exact) mass is 316 g/mol. The molecule has 2 rings (SSSR count). The smallest absolute Gasteiger partial charge is 0.319 e. The SMILES string of the molecule is CC(c1nc(C)ccc1O)=[N+](Cl)OCc1ccc(C#N)cc1. The number of hydrogen-bond donors (Lipinski definition) is 1. The molecular formula is C16H15ClN3O2+. The summed E-state index contributed by atoms with van der Waals surface area (Å²) in [4.78, 5) is 9.68. The van der Waals surface area contributed by atoms with Gasteiger partial charge in [0.05, 0.1) is 15.9 Å². The van der Waals surface area contributed by atoms with E-state index in [1.165, 1.54) is 0 Å². The number of halogens is 1. The van der Waals surface area contributed by atoms with E-state index in [1.54, 1.807) is 43.3 Å². The highest BCUT2D eigenvalue weighted by Crippen LogP contribution is 2.16. The Bertz CT molecular complexity index is 749. The first kappa shape index (κ1) is 15.8. The van der Waals surface area contributed by atoms with Crippen LogP contribution in [0.5, 0.6) is 5.75 Å². The lowest BCUT2D eigenvalue weighted by atomic mass is 10.2. The molecule has 0 amide bonds. The highest BCUT2D eigenvalue weighted by atomic mass is 35.5. The van der Waals surface area contributed by atoms with Gasteiger partial charge in [0.1, 0.15) is 5.75 Å². The molecule has 5 nitrogen and oxygen atoms in total. The van der Waals surface area contributed by atoms with Gasteiger partial charge in [-0.15, -0.1) is 0 Å². The van der Waals surface area contributed by atoms with Crippen LogP contribution < -0.4 is 0 Å². The van der Waals surface area contributed by atoms with Gasteiger partial charge in [0.25, 0.3) is 5.71 Å². The van der Waals surface area contributed by atoms with Gasteiger partial charge in [-0.1, -0.05) is 12.1 Å². The second-order valence-corrected chi connectivity index (χ2v) is 5.04. The molecule has 0 saturated carbocycles. The zero-order chi connectivity index (χ0) is 16.1. The fourth-order valence-electron chi connectivity index (χ4n) is 1.80. The molecule has 22 heavy (non-hydrogen) atoms. The van der Waals surface area contributed by atoms with Crippen molar-refractivity contribution >= 4 is 17.5 Å². The Kier molecular flexibility index (Phi) is 4.97. The third kappa shape index (κ3) is 3.74. The molecule has 1 N–H and O–H groups in total. The van der Waals surface area contributed by atoms with Crippen molar-refractivity contribution in [2.24, 2.45) is 0 Å². The maximum atomic E-state index is 9.84. The van der Waals surface area contributed by atoms with E-state index in [1.807, 2.05) is 6.92 Å². The molecule has 2 aromatic rings. The molecule has 0 fully saturated rings. The molecule has 1 heterocycles. The summed E-state index contributed by atoms with van der Waals surface area (Å²) < 4.78 is 1.06. The fraction of sp³-hybridized carbons (Fsp3) is 0.188. The van der Waals surface area contributed by atoms with Crippen LogP contribution in [0.2, 0.25) is 0 Å². The molecule has 0 aliphatic carbocycles. The van der Waals surface area contributed by atoms with Crippen LogP contribution in [-0.4, -0.2) is 20.1 Å². The van der Waals surface area contributed by atoms with E-state index in [4.69, 9.17) is 21.9 Å². The Morgan fingerprint density at radius 3 is 2.64 bits per heavy atom. The molecule has 0 unspecified atom stereocenters. The summed E-state index contributed by atoms with van der Waals surface area (Å²) in [5.74, 6) is 0.0377. The number of aromatic nitrogens is 1. The van der Waals surface area contributed by atoms with E-state index < -0.39 is 0 Å². The Balaban J connectivity index is 2.14. The highest BCUT2D eigenvalue weighted by molar-refractivity contribution is 6.10. The van der Waals surface area contributed by atoms with Gasteiger partial charge in [0.2, 0.25) is 0 Å². The van der Waals surface area contributed by atoms with Gasteiger partial charge >= 0.3 is 11.8 Å². The van der Waals surface area contributed by atoms with E-state index in [-0.39, 0.29) is 12.4 Å². The third-order valence-corrected chi connectivity index (χ3v) is 3.40. The third-order valence-electron chi connectivity index (χ3n) is 3.05. The van der Waals surface area contributed by atoms with Gasteiger partial charge in [-0.2, -0.15) is 5.26 Å². The Morgan fingerprint density at radius 2 is 2.00 bits per heavy atom. The standard InChI is InChI=1S/C16H14ClN3O2/c1-11-3-8-15(21)16(19-11)12(2)20(17)22-10-14-6-4-13(9-18)5-7-14/h3-8H,10H2,1-2H3/p+1. The van der Waals surface area contributed by atoms with Gasteiger partial charge in [0, 0.05) is 12.6 Å². The van der Waals surface area contributed by atoms with Crippen LogP contribution in [0, 0.1) is 18.3 Å². The van der Waals surface area contributed by atoms with Crippen LogP contribution in [0.1, 0.15) is 29.4 Å². The van der Waals surface area contributed by atoms with Gasteiger partial charge in [0.15, 0.2) is 12.3 Å². The number of nitrogens with zero attached hydrogens (tertiary/aromatic N) is 3. The lowest BCUT2D eigenvalue weighted by Gasteiger charge is -2.02. The summed E-state index contributed by atoms with van der Waals surface area (Å²) in [6, 6.07) is 12.3. The highest BCUT2D eigenvalue weighted by Gasteiger charge is 2.19. The van der Waals surface area contributed by atoms with Crippen molar-refractivity contribution in [2.45, 2.75) is 20.5 Å². The topological polar surface area (TPSA) is 69.2 Å². The van der Waals surface area contributed by atoms with Crippen LogP contribution in [0.15, 0.2) is 36.4 Å². The number of aromatic hydroxyl groups is 1. The van der Waals surface area contributed by atoms with Crippen LogP contribution in [0.4, 0.5) is 0 Å². The normalized spacial score (nSPS) is 11.5. The average molecular weight is 317 g/mol. The van der Waals surface area contributed by atoms with Gasteiger partial charge in [-0.05, 0) is 36.8 Å². The molecular weight excluding hydrogens is 302 g/mol. The van der Waals surface area contributed by atoms with Crippen molar-refractivity contribution in [3.05, 3.63) is 58.9 Å². The van der Waals surface area contributed by atoms with Crippen molar-refractivity contribution in [3.63, 3.8) is 0 Å². The predicted molar refractivity (Wildman–Crippen MR) is 82.5 cm³/mol. The van der Waals surface area contributed by atoms with Crippen LogP contribution >= 0.6 is 11.8 Å². The molecule has 0 aliphatic heterocycles. The second kappa shape index (κ2) is 6.92. The molecule has 0 atom stereocenters. The maximum absolute atomic E-state index is 9.84. The largest absolute Gasteiger partial charge is 0.505 e. The van der Waals surface area contributed by atoms with Crippen LogP contribution in [-0.2, 0) is 11.4 Å². The van der Waals surface area contributed by atoms with Gasteiger partial charge in [-0.3, -0.25) is 4.84 Å². The molecule has 6 heteroatoms. The summed E-state index contributed by atoms with van der Waals surface area (Å²) in [5.41, 5.74) is 3.08. The first-order valence-corrected chi connectivity index (χ1v) is 6.93. The minimum atomic E-state index is 0.0377. The summed E-state index contributed by atoms with van der Waals surface area (Å²) in [7, 11) is 0. The molecule has 0 spiro atoms. The minimum Gasteiger partial charge on any atom is -0.505 e. The Morgan fingerprint density at radius 1 is 1.32 bits per heavy atom. The second-order valence-electron chi connectivity index (χ2n) is 4.73. The molecule has 0 saturated heterocycles. The van der Waals surface area contributed by atoms with Crippen molar-refractivity contribution in [3.8, 4) is 11.8 Å². The quantitative estimate of drug-likeness (QED) is 0.534. The van der Waals surface area contributed by atoms with E-state index in [0.717, 1.165) is 15.5 Å². The Labute approximate surface area is 133 Å². The van der Waals surface area contributed by atoms with Crippen molar-refractivity contribution in [1.82, 2.24) is 4.98 Å². The predicted octanol–water partition coefficient (Wildman–Crippen LogP) is 3.07.